The molecule has 1 aliphatic carbocycles. The molecule has 0 bridgehead atoms. The second-order valence-electron chi connectivity index (χ2n) is 4.61. The van der Waals surface area contributed by atoms with E-state index >= 15 is 0 Å². The van der Waals surface area contributed by atoms with Gasteiger partial charge in [0.25, 0.3) is 0 Å². The van der Waals surface area contributed by atoms with Gasteiger partial charge in [0.2, 0.25) is 5.91 Å². The Bertz CT molecular complexity index is 186. The van der Waals surface area contributed by atoms with Crippen molar-refractivity contribution in [1.82, 2.24) is 5.32 Å². The lowest BCUT2D eigenvalue weighted by molar-refractivity contribution is -0.122. The Balaban J connectivity index is 2.20. The van der Waals surface area contributed by atoms with Crippen molar-refractivity contribution in [2.45, 2.75) is 57.4 Å². The van der Waals surface area contributed by atoms with Gasteiger partial charge in [-0.15, -0.1) is 11.6 Å². The number of carbonyl (C=O) groups excluding carboxylic acids is 1. The number of halogens is 1. The Morgan fingerprint density at radius 1 is 1.36 bits per heavy atom. The number of rotatable bonds is 3. The molecule has 0 unspecified atom stereocenters. The third-order valence-corrected chi connectivity index (χ3v) is 3.05. The number of alkyl halides is 1. The van der Waals surface area contributed by atoms with E-state index in [1.165, 1.54) is 0 Å². The fraction of sp³-hybridized carbons (Fsp3) is 0.909. The van der Waals surface area contributed by atoms with Gasteiger partial charge >= 0.3 is 0 Å². The molecule has 1 aliphatic rings. The Labute approximate surface area is 91.4 Å². The monoisotopic (exact) mass is 217 g/mol. The summed E-state index contributed by atoms with van der Waals surface area (Å²) in [7, 11) is 0. The zero-order chi connectivity index (χ0) is 10.6. The molecular weight excluding hydrogens is 198 g/mol. The number of nitrogens with one attached hydrogen (secondary N) is 1. The van der Waals surface area contributed by atoms with Crippen molar-refractivity contribution in [3.8, 4) is 0 Å². The largest absolute Gasteiger partial charge is 0.353 e. The van der Waals surface area contributed by atoms with Gasteiger partial charge in [-0.2, -0.15) is 0 Å². The fourth-order valence-corrected chi connectivity index (χ4v) is 2.11. The summed E-state index contributed by atoms with van der Waals surface area (Å²) in [6, 6.07) is 0.372. The van der Waals surface area contributed by atoms with Crippen LogP contribution in [0.2, 0.25) is 0 Å². The van der Waals surface area contributed by atoms with Gasteiger partial charge in [-0.1, -0.05) is 13.8 Å². The molecule has 3 heteroatoms. The van der Waals surface area contributed by atoms with Crippen LogP contribution in [0.3, 0.4) is 0 Å². The lowest BCUT2D eigenvalue weighted by Gasteiger charge is -2.26. The van der Waals surface area contributed by atoms with Crippen LogP contribution in [0.15, 0.2) is 0 Å². The molecule has 1 rings (SSSR count). The van der Waals surface area contributed by atoms with Crippen molar-refractivity contribution in [2.75, 3.05) is 0 Å². The lowest BCUT2D eigenvalue weighted by Crippen LogP contribution is -2.38. The summed E-state index contributed by atoms with van der Waals surface area (Å²) < 4.78 is 0. The molecule has 1 fully saturated rings. The molecule has 2 nitrogen and oxygen atoms in total. The van der Waals surface area contributed by atoms with Crippen LogP contribution in [0.25, 0.3) is 0 Å². The smallest absolute Gasteiger partial charge is 0.220 e. The molecule has 0 aromatic heterocycles. The lowest BCUT2D eigenvalue weighted by atomic mass is 9.95. The Hall–Kier alpha value is -0.240. The minimum Gasteiger partial charge on any atom is -0.353 e. The predicted octanol–water partition coefficient (Wildman–Crippen LogP) is 2.70. The van der Waals surface area contributed by atoms with E-state index < -0.39 is 0 Å². The summed E-state index contributed by atoms with van der Waals surface area (Å²) in [5.74, 6) is 0.636. The van der Waals surface area contributed by atoms with Crippen molar-refractivity contribution >= 4 is 17.5 Å². The molecule has 0 heterocycles. The zero-order valence-corrected chi connectivity index (χ0v) is 9.81. The van der Waals surface area contributed by atoms with Gasteiger partial charge in [0.15, 0.2) is 0 Å². The van der Waals surface area contributed by atoms with Gasteiger partial charge in [0, 0.05) is 17.8 Å². The third kappa shape index (κ3) is 4.32. The summed E-state index contributed by atoms with van der Waals surface area (Å²) in [6.45, 7) is 4.13. The predicted molar refractivity (Wildman–Crippen MR) is 59.5 cm³/mol. The average Bonchev–Trinajstić information content (AvgIpc) is 2.07. The molecule has 0 spiro atoms. The van der Waals surface area contributed by atoms with E-state index in [2.05, 4.69) is 19.2 Å². The van der Waals surface area contributed by atoms with Crippen molar-refractivity contribution in [3.63, 3.8) is 0 Å². The molecule has 0 aromatic carbocycles. The minimum atomic E-state index is 0.193. The maximum atomic E-state index is 11.5. The fourth-order valence-electron chi connectivity index (χ4n) is 1.85. The second kappa shape index (κ2) is 5.59. The van der Waals surface area contributed by atoms with E-state index in [-0.39, 0.29) is 5.91 Å². The Kier molecular flexibility index (Phi) is 4.73. The van der Waals surface area contributed by atoms with Crippen LogP contribution in [0, 0.1) is 5.92 Å². The van der Waals surface area contributed by atoms with Gasteiger partial charge < -0.3 is 5.32 Å². The molecule has 1 amide bonds. The first kappa shape index (κ1) is 11.8. The molecular formula is C11H20ClNO. The summed E-state index contributed by atoms with van der Waals surface area (Å²) >= 11 is 5.99. The van der Waals surface area contributed by atoms with Crippen molar-refractivity contribution in [2.24, 2.45) is 5.92 Å². The zero-order valence-electron chi connectivity index (χ0n) is 9.05. The van der Waals surface area contributed by atoms with E-state index in [0.29, 0.717) is 23.8 Å². The Morgan fingerprint density at radius 3 is 2.43 bits per heavy atom. The van der Waals surface area contributed by atoms with Crippen LogP contribution in [-0.4, -0.2) is 17.3 Å². The summed E-state index contributed by atoms with van der Waals surface area (Å²) in [6.07, 6.45) is 4.79. The van der Waals surface area contributed by atoms with E-state index in [9.17, 15) is 4.79 Å². The van der Waals surface area contributed by atoms with E-state index in [1.54, 1.807) is 0 Å². The highest BCUT2D eigenvalue weighted by atomic mass is 35.5. The first-order chi connectivity index (χ1) is 6.58. The molecule has 0 aromatic rings. The Morgan fingerprint density at radius 2 is 1.93 bits per heavy atom. The quantitative estimate of drug-likeness (QED) is 0.724. The van der Waals surface area contributed by atoms with Gasteiger partial charge in [-0.3, -0.25) is 4.79 Å². The first-order valence-corrected chi connectivity index (χ1v) is 5.95. The SMILES string of the molecule is CC(C)CC(=O)NC1CCC(Cl)CC1. The average molecular weight is 218 g/mol. The topological polar surface area (TPSA) is 29.1 Å². The van der Waals surface area contributed by atoms with Crippen molar-refractivity contribution in [1.29, 1.82) is 0 Å². The van der Waals surface area contributed by atoms with E-state index in [1.807, 2.05) is 0 Å². The van der Waals surface area contributed by atoms with Crippen molar-refractivity contribution < 1.29 is 4.79 Å². The van der Waals surface area contributed by atoms with Crippen molar-refractivity contribution in [3.05, 3.63) is 0 Å². The number of hydrogen-bond donors (Lipinski definition) is 1. The van der Waals surface area contributed by atoms with Crippen LogP contribution in [-0.2, 0) is 4.79 Å². The second-order valence-corrected chi connectivity index (χ2v) is 5.23. The summed E-state index contributed by atoms with van der Waals surface area (Å²) in [5, 5.41) is 3.40. The van der Waals surface area contributed by atoms with Crippen LogP contribution in [0.5, 0.6) is 0 Å². The number of hydrogen-bond acceptors (Lipinski definition) is 1. The first-order valence-electron chi connectivity index (χ1n) is 5.51. The van der Waals surface area contributed by atoms with Gasteiger partial charge in [-0.05, 0) is 31.6 Å². The highest BCUT2D eigenvalue weighted by Gasteiger charge is 2.20. The highest BCUT2D eigenvalue weighted by Crippen LogP contribution is 2.22. The van der Waals surface area contributed by atoms with E-state index in [0.717, 1.165) is 25.7 Å². The molecule has 0 aliphatic heterocycles. The van der Waals surface area contributed by atoms with Crippen LogP contribution in [0.4, 0.5) is 0 Å². The normalized spacial score (nSPS) is 27.7. The third-order valence-electron chi connectivity index (χ3n) is 2.62. The van der Waals surface area contributed by atoms with E-state index in [4.69, 9.17) is 11.6 Å². The van der Waals surface area contributed by atoms with Gasteiger partial charge in [0.1, 0.15) is 0 Å². The molecule has 0 atom stereocenters. The maximum absolute atomic E-state index is 11.5. The molecule has 82 valence electrons. The molecule has 0 saturated heterocycles. The van der Waals surface area contributed by atoms with Gasteiger partial charge in [0.05, 0.1) is 0 Å². The highest BCUT2D eigenvalue weighted by molar-refractivity contribution is 6.20. The summed E-state index contributed by atoms with van der Waals surface area (Å²) in [4.78, 5) is 11.5. The maximum Gasteiger partial charge on any atom is 0.220 e. The van der Waals surface area contributed by atoms with Gasteiger partial charge in [-0.25, -0.2) is 0 Å². The van der Waals surface area contributed by atoms with Crippen LogP contribution < -0.4 is 5.32 Å². The molecule has 1 saturated carbocycles. The molecule has 14 heavy (non-hydrogen) atoms. The number of amides is 1. The summed E-state index contributed by atoms with van der Waals surface area (Å²) in [5.41, 5.74) is 0. The number of carbonyl (C=O) groups is 1. The minimum absolute atomic E-state index is 0.193. The molecule has 1 N–H and O–H groups in total. The standard InChI is InChI=1S/C11H20ClNO/c1-8(2)7-11(14)13-10-5-3-9(12)4-6-10/h8-10H,3-7H2,1-2H3,(H,13,14). The molecule has 0 radical (unpaired) electrons. The van der Waals surface area contributed by atoms with Crippen LogP contribution >= 0.6 is 11.6 Å². The van der Waals surface area contributed by atoms with Crippen LogP contribution in [0.1, 0.15) is 46.0 Å².